The maximum Gasteiger partial charge on any atom is 0.262 e. The summed E-state index contributed by atoms with van der Waals surface area (Å²) in [5.74, 6) is -0.705. The van der Waals surface area contributed by atoms with Crippen LogP contribution in [0.5, 0.6) is 0 Å². The average molecular weight is 446 g/mol. The van der Waals surface area contributed by atoms with Gasteiger partial charge in [0.05, 0.1) is 11.1 Å². The summed E-state index contributed by atoms with van der Waals surface area (Å²) >= 11 is 0. The van der Waals surface area contributed by atoms with Gasteiger partial charge in [-0.15, -0.1) is 0 Å². The highest BCUT2D eigenvalue weighted by molar-refractivity contribution is 6.23. The van der Waals surface area contributed by atoms with Crippen LogP contribution in [-0.2, 0) is 11.2 Å². The summed E-state index contributed by atoms with van der Waals surface area (Å²) in [4.78, 5) is 41.8. The lowest BCUT2D eigenvalue weighted by Crippen LogP contribution is -2.48. The number of carbonyl (C=O) groups excluding carboxylic acids is 3. The molecule has 2 aliphatic rings. The zero-order valence-electron chi connectivity index (χ0n) is 19.5. The number of carbonyl (C=O) groups is 3. The number of Topliss-reactive ketones (excluding diaryl/α,β-unsaturated/α-hetero) is 1. The van der Waals surface area contributed by atoms with Gasteiger partial charge in [0, 0.05) is 12.3 Å². The molecule has 0 bridgehead atoms. The molecule has 4 nitrogen and oxygen atoms in total. The minimum absolute atomic E-state index is 0.0606. The molecule has 0 N–H and O–H groups in total. The predicted octanol–water partition coefficient (Wildman–Crippen LogP) is 6.38. The fourth-order valence-electron chi connectivity index (χ4n) is 5.37. The number of fused-ring (bicyclic) bond motifs is 1. The SMILES string of the molecule is O=C(C1CCCCCCCCCCC1)[C@H](Cc1ccccc1)N1C(=O)c2ccccc2C1=O. The molecular formula is C29H35NO3. The summed E-state index contributed by atoms with van der Waals surface area (Å²) in [5.41, 5.74) is 1.79. The first-order valence-corrected chi connectivity index (χ1v) is 12.7. The quantitative estimate of drug-likeness (QED) is 0.502. The molecule has 2 aromatic rings. The van der Waals surface area contributed by atoms with E-state index < -0.39 is 6.04 Å². The van der Waals surface area contributed by atoms with Gasteiger partial charge in [0.15, 0.2) is 5.78 Å². The highest BCUT2D eigenvalue weighted by Crippen LogP contribution is 2.30. The Morgan fingerprint density at radius 1 is 0.697 bits per heavy atom. The van der Waals surface area contributed by atoms with E-state index in [2.05, 4.69) is 0 Å². The van der Waals surface area contributed by atoms with Crippen molar-refractivity contribution in [3.63, 3.8) is 0 Å². The van der Waals surface area contributed by atoms with Gasteiger partial charge in [-0.3, -0.25) is 19.3 Å². The summed E-state index contributed by atoms with van der Waals surface area (Å²) in [5, 5.41) is 0. The predicted molar refractivity (Wildman–Crippen MR) is 130 cm³/mol. The molecule has 2 aromatic carbocycles. The third kappa shape index (κ3) is 5.61. The second kappa shape index (κ2) is 11.4. The van der Waals surface area contributed by atoms with Crippen molar-refractivity contribution in [2.45, 2.75) is 83.1 Å². The van der Waals surface area contributed by atoms with E-state index in [4.69, 9.17) is 0 Å². The van der Waals surface area contributed by atoms with E-state index in [1.54, 1.807) is 24.3 Å². The van der Waals surface area contributed by atoms with Gasteiger partial charge in [-0.2, -0.15) is 0 Å². The molecule has 1 fully saturated rings. The summed E-state index contributed by atoms with van der Waals surface area (Å²) in [6.07, 6.45) is 12.8. The Kier molecular flexibility index (Phi) is 8.09. The van der Waals surface area contributed by atoms with Crippen LogP contribution in [0.3, 0.4) is 0 Å². The first-order valence-electron chi connectivity index (χ1n) is 12.7. The Morgan fingerprint density at radius 2 is 1.15 bits per heavy atom. The van der Waals surface area contributed by atoms with E-state index in [9.17, 15) is 14.4 Å². The molecule has 1 aliphatic carbocycles. The monoisotopic (exact) mass is 445 g/mol. The number of hydrogen-bond donors (Lipinski definition) is 0. The number of amides is 2. The Morgan fingerprint density at radius 3 is 1.67 bits per heavy atom. The molecule has 0 unspecified atom stereocenters. The summed E-state index contributed by atoms with van der Waals surface area (Å²) in [6, 6.07) is 15.9. The number of imide groups is 1. The zero-order valence-corrected chi connectivity index (χ0v) is 19.5. The topological polar surface area (TPSA) is 54.5 Å². The number of hydrogen-bond acceptors (Lipinski definition) is 3. The van der Waals surface area contributed by atoms with Crippen molar-refractivity contribution in [3.05, 3.63) is 71.3 Å². The van der Waals surface area contributed by atoms with Crippen molar-refractivity contribution in [2.24, 2.45) is 5.92 Å². The maximum absolute atomic E-state index is 14.0. The van der Waals surface area contributed by atoms with E-state index >= 15 is 0 Å². The summed E-state index contributed by atoms with van der Waals surface area (Å²) in [6.45, 7) is 0. The zero-order chi connectivity index (χ0) is 23.0. The maximum atomic E-state index is 14.0. The molecule has 0 radical (unpaired) electrons. The lowest BCUT2D eigenvalue weighted by Gasteiger charge is -2.29. The lowest BCUT2D eigenvalue weighted by atomic mass is 9.84. The second-order valence-electron chi connectivity index (χ2n) is 9.59. The van der Waals surface area contributed by atoms with E-state index in [1.165, 1.54) is 37.0 Å². The highest BCUT2D eigenvalue weighted by atomic mass is 16.2. The third-order valence-electron chi connectivity index (χ3n) is 7.24. The first kappa shape index (κ1) is 23.4. The van der Waals surface area contributed by atoms with Crippen molar-refractivity contribution in [2.75, 3.05) is 0 Å². The fraction of sp³-hybridized carbons (Fsp3) is 0.483. The molecule has 0 aromatic heterocycles. The standard InChI is InChI=1S/C29H35NO3/c31-27(23-17-11-6-4-2-1-3-5-7-12-18-23)26(21-22-15-9-8-10-16-22)30-28(32)24-19-13-14-20-25(24)29(30)33/h8-10,13-16,19-20,23,26H,1-7,11-12,17-18,21H2/t26-/m0/s1. The molecule has 0 spiro atoms. The number of benzene rings is 2. The Labute approximate surface area is 197 Å². The average Bonchev–Trinajstić information content (AvgIpc) is 3.08. The van der Waals surface area contributed by atoms with Gasteiger partial charge in [0.2, 0.25) is 0 Å². The molecule has 1 saturated carbocycles. The van der Waals surface area contributed by atoms with Crippen LogP contribution in [0.2, 0.25) is 0 Å². The van der Waals surface area contributed by atoms with Gasteiger partial charge >= 0.3 is 0 Å². The van der Waals surface area contributed by atoms with E-state index in [1.807, 2.05) is 30.3 Å². The number of nitrogens with zero attached hydrogens (tertiary/aromatic N) is 1. The van der Waals surface area contributed by atoms with Crippen molar-refractivity contribution >= 4 is 17.6 Å². The normalized spacial score (nSPS) is 19.5. The molecule has 0 saturated heterocycles. The molecule has 33 heavy (non-hydrogen) atoms. The number of ketones is 1. The van der Waals surface area contributed by atoms with Crippen LogP contribution in [-0.4, -0.2) is 28.5 Å². The van der Waals surface area contributed by atoms with Gasteiger partial charge in [-0.05, 0) is 30.5 Å². The first-order chi connectivity index (χ1) is 16.2. The van der Waals surface area contributed by atoms with Crippen LogP contribution in [0.25, 0.3) is 0 Å². The Balaban J connectivity index is 1.60. The van der Waals surface area contributed by atoms with Crippen LogP contribution in [0.15, 0.2) is 54.6 Å². The minimum atomic E-state index is -0.752. The molecule has 4 rings (SSSR count). The van der Waals surface area contributed by atoms with E-state index in [0.29, 0.717) is 17.5 Å². The van der Waals surface area contributed by atoms with Gasteiger partial charge in [0.25, 0.3) is 11.8 Å². The molecule has 174 valence electrons. The second-order valence-corrected chi connectivity index (χ2v) is 9.59. The van der Waals surface area contributed by atoms with Crippen molar-refractivity contribution in [3.8, 4) is 0 Å². The smallest absolute Gasteiger partial charge is 0.262 e. The van der Waals surface area contributed by atoms with Crippen LogP contribution in [0.1, 0.15) is 96.9 Å². The molecular weight excluding hydrogens is 410 g/mol. The molecule has 1 heterocycles. The molecule has 1 aliphatic heterocycles. The van der Waals surface area contributed by atoms with Crippen molar-refractivity contribution in [1.82, 2.24) is 4.90 Å². The number of rotatable bonds is 5. The van der Waals surface area contributed by atoms with Gasteiger partial charge in [-0.1, -0.05) is 100 Å². The largest absolute Gasteiger partial charge is 0.297 e. The van der Waals surface area contributed by atoms with Crippen molar-refractivity contribution < 1.29 is 14.4 Å². The van der Waals surface area contributed by atoms with E-state index in [-0.39, 0.29) is 23.5 Å². The molecule has 2 amide bonds. The van der Waals surface area contributed by atoms with E-state index in [0.717, 1.165) is 44.1 Å². The molecule has 1 atom stereocenters. The fourth-order valence-corrected chi connectivity index (χ4v) is 5.37. The summed E-state index contributed by atoms with van der Waals surface area (Å²) in [7, 11) is 0. The Hall–Kier alpha value is -2.75. The highest BCUT2D eigenvalue weighted by Gasteiger charge is 2.43. The van der Waals surface area contributed by atoms with Crippen LogP contribution in [0, 0.1) is 5.92 Å². The third-order valence-corrected chi connectivity index (χ3v) is 7.24. The van der Waals surface area contributed by atoms with Gasteiger partial charge in [-0.25, -0.2) is 0 Å². The van der Waals surface area contributed by atoms with Crippen LogP contribution < -0.4 is 0 Å². The van der Waals surface area contributed by atoms with Gasteiger partial charge in [0.1, 0.15) is 6.04 Å². The van der Waals surface area contributed by atoms with Crippen LogP contribution in [0.4, 0.5) is 0 Å². The van der Waals surface area contributed by atoms with Crippen molar-refractivity contribution in [1.29, 1.82) is 0 Å². The van der Waals surface area contributed by atoms with Crippen LogP contribution >= 0.6 is 0 Å². The lowest BCUT2D eigenvalue weighted by molar-refractivity contribution is -0.127. The minimum Gasteiger partial charge on any atom is -0.297 e. The molecule has 4 heteroatoms. The Bertz CT molecular complexity index is 921. The van der Waals surface area contributed by atoms with Gasteiger partial charge < -0.3 is 0 Å². The summed E-state index contributed by atoms with van der Waals surface area (Å²) < 4.78 is 0.